The minimum absolute atomic E-state index is 0.108. The number of aromatic amines is 1. The van der Waals surface area contributed by atoms with E-state index in [9.17, 15) is 19.5 Å². The number of carboxylic acid groups (broad SMARTS) is 1. The number of carbonyl (C=O) groups is 3. The third-order valence-corrected chi connectivity index (χ3v) is 8.67. The molecule has 2 aliphatic rings. The molecule has 0 bridgehead atoms. The van der Waals surface area contributed by atoms with Gasteiger partial charge in [0.15, 0.2) is 10.8 Å². The number of H-pyrrole nitrogens is 1. The number of hydrogen-bond acceptors (Lipinski definition) is 13. The number of hydrogen-bond donors (Lipinski definition) is 4. The third kappa shape index (κ3) is 4.49. The fourth-order valence-corrected chi connectivity index (χ4v) is 7.09. The summed E-state index contributed by atoms with van der Waals surface area (Å²) in [6.07, 6.45) is 0. The Balaban J connectivity index is 1.54. The third-order valence-electron chi connectivity index (χ3n) is 4.81. The molecule has 14 nitrogen and oxygen atoms in total. The smallest absolute Gasteiger partial charge is 0.352 e. The number of nitrogens with one attached hydrogen (secondary N) is 2. The number of thiazole rings is 1. The molecule has 2 aromatic rings. The highest BCUT2D eigenvalue weighted by atomic mass is 79.9. The first-order valence-electron chi connectivity index (χ1n) is 9.38. The molecule has 1 fully saturated rings. The first kappa shape index (κ1) is 24.4. The van der Waals surface area contributed by atoms with Crippen LogP contribution in [0, 0.1) is 0 Å². The molecule has 4 rings (SSSR count). The van der Waals surface area contributed by atoms with Crippen LogP contribution in [0.4, 0.5) is 5.13 Å². The number of fused-ring (bicyclic) bond motifs is 1. The highest BCUT2D eigenvalue weighted by Gasteiger charge is 2.55. The maximum absolute atomic E-state index is 13.0. The van der Waals surface area contributed by atoms with Crippen molar-refractivity contribution in [1.82, 2.24) is 35.8 Å². The van der Waals surface area contributed by atoms with Crippen LogP contribution < -0.4 is 11.1 Å². The standard InChI is InChI=1S/C16H16BrN9O5S3/c1-4(33-16-21-24-25-22-16)5-3-32-13-8(12(28)26(13)9(5)14(29)30)19-11(27)7(23-31-2)6-10(17)34-15(18)20-6/h4,8,13H,3H2,1-2H3,(H2,18,20)(H,19,27)(H,29,30)(H,21,22,24,25)/t4?,8?,13-/m1/s1. The molecule has 0 aliphatic carbocycles. The average Bonchev–Trinajstić information content (AvgIpc) is 3.42. The molecule has 0 radical (unpaired) electrons. The largest absolute Gasteiger partial charge is 0.477 e. The number of nitrogens with two attached hydrogens (primary N) is 1. The summed E-state index contributed by atoms with van der Waals surface area (Å²) in [5.41, 5.74) is 6.13. The number of halogens is 1. The lowest BCUT2D eigenvalue weighted by atomic mass is 10.0. The summed E-state index contributed by atoms with van der Waals surface area (Å²) in [6.45, 7) is 1.80. The van der Waals surface area contributed by atoms with Gasteiger partial charge < -0.3 is 21.0 Å². The van der Waals surface area contributed by atoms with Crippen LogP contribution in [-0.2, 0) is 19.2 Å². The van der Waals surface area contributed by atoms with Gasteiger partial charge in [0, 0.05) is 11.0 Å². The molecule has 2 aromatic heterocycles. The van der Waals surface area contributed by atoms with E-state index in [0.29, 0.717) is 20.3 Å². The number of carboxylic acids is 1. The van der Waals surface area contributed by atoms with Crippen LogP contribution in [0.1, 0.15) is 12.6 Å². The van der Waals surface area contributed by atoms with Crippen molar-refractivity contribution in [1.29, 1.82) is 0 Å². The minimum atomic E-state index is -1.23. The number of β-lactam (4-membered cyclic amide) rings is 1. The van der Waals surface area contributed by atoms with Gasteiger partial charge in [0.05, 0.1) is 0 Å². The van der Waals surface area contributed by atoms with Crippen molar-refractivity contribution in [3.63, 3.8) is 0 Å². The van der Waals surface area contributed by atoms with Crippen LogP contribution in [0.15, 0.2) is 25.4 Å². The molecule has 18 heteroatoms. The summed E-state index contributed by atoms with van der Waals surface area (Å²) >= 11 is 6.95. The maximum Gasteiger partial charge on any atom is 0.352 e. The van der Waals surface area contributed by atoms with E-state index in [1.807, 2.05) is 0 Å². The molecular weight excluding hydrogens is 574 g/mol. The van der Waals surface area contributed by atoms with E-state index in [2.05, 4.69) is 52.0 Å². The maximum atomic E-state index is 13.0. The average molecular weight is 590 g/mol. The molecule has 0 saturated carbocycles. The Morgan fingerprint density at radius 2 is 2.26 bits per heavy atom. The van der Waals surface area contributed by atoms with E-state index < -0.39 is 29.2 Å². The molecule has 34 heavy (non-hydrogen) atoms. The van der Waals surface area contributed by atoms with E-state index in [-0.39, 0.29) is 27.5 Å². The van der Waals surface area contributed by atoms with Gasteiger partial charge in [-0.3, -0.25) is 14.5 Å². The van der Waals surface area contributed by atoms with Gasteiger partial charge in [0.2, 0.25) is 5.16 Å². The number of amides is 2. The van der Waals surface area contributed by atoms with Gasteiger partial charge in [0.1, 0.15) is 33.7 Å². The fourth-order valence-electron chi connectivity index (χ4n) is 3.34. The molecule has 3 atom stereocenters. The molecule has 2 amide bonds. The Kier molecular flexibility index (Phi) is 7.10. The predicted molar refractivity (Wildman–Crippen MR) is 127 cm³/mol. The lowest BCUT2D eigenvalue weighted by Gasteiger charge is -2.49. The molecule has 0 aromatic carbocycles. The van der Waals surface area contributed by atoms with Crippen LogP contribution >= 0.6 is 50.8 Å². The normalized spacial score (nSPS) is 21.1. The molecule has 5 N–H and O–H groups in total. The van der Waals surface area contributed by atoms with Gasteiger partial charge in [-0.05, 0) is 33.6 Å². The monoisotopic (exact) mass is 589 g/mol. The zero-order valence-electron chi connectivity index (χ0n) is 17.4. The summed E-state index contributed by atoms with van der Waals surface area (Å²) in [4.78, 5) is 48.0. The molecular formula is C16H16BrN9O5S3. The number of aliphatic carboxylic acids is 1. The number of thioether (sulfide) groups is 2. The van der Waals surface area contributed by atoms with Crippen LogP contribution in [0.25, 0.3) is 0 Å². The van der Waals surface area contributed by atoms with Gasteiger partial charge >= 0.3 is 5.97 Å². The zero-order chi connectivity index (χ0) is 24.6. The number of rotatable bonds is 8. The van der Waals surface area contributed by atoms with Crippen LogP contribution in [-0.4, -0.2) is 88.6 Å². The van der Waals surface area contributed by atoms with E-state index in [1.165, 1.54) is 35.5 Å². The Hall–Kier alpha value is -2.70. The van der Waals surface area contributed by atoms with Crippen molar-refractivity contribution in [3.05, 3.63) is 20.8 Å². The SMILES string of the molecule is CON=C(C(=O)NC1C(=O)N2C(C(=O)O)=C(C(C)Sc3nn[nH]n3)CS[C@H]12)c1nc(N)sc1Br. The van der Waals surface area contributed by atoms with Gasteiger partial charge in [-0.1, -0.05) is 28.3 Å². The molecule has 0 spiro atoms. The summed E-state index contributed by atoms with van der Waals surface area (Å²) in [5.74, 6) is -2.16. The van der Waals surface area contributed by atoms with E-state index in [4.69, 9.17) is 10.6 Å². The number of nitrogen functional groups attached to an aromatic ring is 1. The topological polar surface area (TPSA) is 202 Å². The lowest BCUT2D eigenvalue weighted by Crippen LogP contribution is -2.71. The summed E-state index contributed by atoms with van der Waals surface area (Å²) in [7, 11) is 1.27. The molecule has 2 aliphatic heterocycles. The Morgan fingerprint density at radius 1 is 1.50 bits per heavy atom. The molecule has 180 valence electrons. The lowest BCUT2D eigenvalue weighted by molar-refractivity contribution is -0.150. The van der Waals surface area contributed by atoms with E-state index in [0.717, 1.165) is 11.3 Å². The van der Waals surface area contributed by atoms with Gasteiger partial charge in [0.25, 0.3) is 11.8 Å². The van der Waals surface area contributed by atoms with Crippen molar-refractivity contribution < 1.29 is 24.3 Å². The molecule has 2 unspecified atom stereocenters. The summed E-state index contributed by atoms with van der Waals surface area (Å²) in [6, 6.07) is -0.953. The second kappa shape index (κ2) is 9.88. The fraction of sp³-hybridized carbons (Fsp3) is 0.375. The van der Waals surface area contributed by atoms with Crippen molar-refractivity contribution in [2.45, 2.75) is 28.7 Å². The van der Waals surface area contributed by atoms with E-state index in [1.54, 1.807) is 6.92 Å². The minimum Gasteiger partial charge on any atom is -0.477 e. The Labute approximate surface area is 212 Å². The number of oxime groups is 1. The van der Waals surface area contributed by atoms with Crippen LogP contribution in [0.5, 0.6) is 0 Å². The van der Waals surface area contributed by atoms with Crippen molar-refractivity contribution in [2.24, 2.45) is 5.16 Å². The quantitative estimate of drug-likeness (QED) is 0.142. The predicted octanol–water partition coefficient (Wildman–Crippen LogP) is 0.271. The van der Waals surface area contributed by atoms with Crippen LogP contribution in [0.3, 0.4) is 0 Å². The zero-order valence-corrected chi connectivity index (χ0v) is 21.4. The van der Waals surface area contributed by atoms with Crippen molar-refractivity contribution in [3.8, 4) is 0 Å². The Morgan fingerprint density at radius 3 is 2.85 bits per heavy atom. The second-order valence-corrected chi connectivity index (χ2v) is 11.6. The number of tetrazole rings is 1. The second-order valence-electron chi connectivity index (χ2n) is 6.79. The Bertz CT molecular complexity index is 1200. The number of carbonyl (C=O) groups excluding carboxylic acids is 2. The number of anilines is 1. The van der Waals surface area contributed by atoms with Gasteiger partial charge in [-0.15, -0.1) is 22.0 Å². The summed E-state index contributed by atoms with van der Waals surface area (Å²) < 4.78 is 0.471. The number of aromatic nitrogens is 5. The van der Waals surface area contributed by atoms with E-state index >= 15 is 0 Å². The van der Waals surface area contributed by atoms with Crippen molar-refractivity contribution in [2.75, 3.05) is 18.6 Å². The van der Waals surface area contributed by atoms with Crippen LogP contribution in [0.2, 0.25) is 0 Å². The molecule has 1 saturated heterocycles. The number of nitrogens with zero attached hydrogens (tertiary/aromatic N) is 6. The van der Waals surface area contributed by atoms with Gasteiger partial charge in [-0.2, -0.15) is 5.21 Å². The highest BCUT2D eigenvalue weighted by molar-refractivity contribution is 9.11. The van der Waals surface area contributed by atoms with Gasteiger partial charge in [-0.25, -0.2) is 9.78 Å². The highest BCUT2D eigenvalue weighted by Crippen LogP contribution is 2.43. The van der Waals surface area contributed by atoms with Crippen molar-refractivity contribution >= 4 is 79.4 Å². The molecule has 4 heterocycles. The summed E-state index contributed by atoms with van der Waals surface area (Å²) in [5, 5.41) is 29.4. The first-order chi connectivity index (χ1) is 16.2. The first-order valence-corrected chi connectivity index (χ1v) is 12.9.